The number of unbranched alkanes of at least 4 members (excludes halogenated alkanes) is 10. The van der Waals surface area contributed by atoms with Gasteiger partial charge in [-0.1, -0.05) is 151 Å². The molecule has 11 heteroatoms. The van der Waals surface area contributed by atoms with Crippen molar-refractivity contribution in [3.63, 3.8) is 0 Å². The smallest absolute Gasteiger partial charge is 0.306 e. The van der Waals surface area contributed by atoms with Crippen LogP contribution in [0.1, 0.15) is 136 Å². The summed E-state index contributed by atoms with van der Waals surface area (Å²) in [7, 11) is 1.09. The summed E-state index contributed by atoms with van der Waals surface area (Å²) in [5.41, 5.74) is 0. The molecule has 0 aliphatic heterocycles. The molecule has 0 heterocycles. The Hall–Kier alpha value is -2.59. The van der Waals surface area contributed by atoms with E-state index in [2.05, 4.69) is 43.4 Å². The molecule has 0 bridgehead atoms. The first-order valence-corrected chi connectivity index (χ1v) is 22.2. The summed E-state index contributed by atoms with van der Waals surface area (Å²) in [6.45, 7) is 3.77. The highest BCUT2D eigenvalue weighted by Crippen LogP contribution is 2.38. The summed E-state index contributed by atoms with van der Waals surface area (Å²) in [6.07, 6.45) is 40.4. The fourth-order valence-corrected chi connectivity index (χ4v) is 5.71. The number of hydrogen-bond donors (Lipinski definition) is 1. The van der Waals surface area contributed by atoms with Crippen molar-refractivity contribution >= 4 is 19.8 Å². The highest BCUT2D eigenvalue weighted by atomic mass is 31.2. The Bertz CT molecular complexity index is 1190. The van der Waals surface area contributed by atoms with Crippen LogP contribution in [0.3, 0.4) is 0 Å². The van der Waals surface area contributed by atoms with E-state index in [1.807, 2.05) is 58.4 Å². The van der Waals surface area contributed by atoms with Gasteiger partial charge in [-0.05, 0) is 44.9 Å². The van der Waals surface area contributed by atoms with Gasteiger partial charge in [0.1, 0.15) is 19.8 Å². The van der Waals surface area contributed by atoms with E-state index < -0.39 is 32.5 Å². The van der Waals surface area contributed by atoms with Gasteiger partial charge >= 0.3 is 11.9 Å². The minimum atomic E-state index is -4.65. The van der Waals surface area contributed by atoms with Gasteiger partial charge in [-0.25, -0.2) is 0 Å². The molecule has 0 aliphatic rings. The van der Waals surface area contributed by atoms with Gasteiger partial charge in [0, 0.05) is 12.8 Å². The largest absolute Gasteiger partial charge is 0.756 e. The van der Waals surface area contributed by atoms with Crippen molar-refractivity contribution in [3.05, 3.63) is 72.9 Å². The van der Waals surface area contributed by atoms with Gasteiger partial charge in [0.15, 0.2) is 6.10 Å². The zero-order chi connectivity index (χ0) is 40.9. The molecule has 0 rings (SSSR count). The molecule has 0 spiro atoms. The van der Waals surface area contributed by atoms with Crippen molar-refractivity contribution in [1.82, 2.24) is 0 Å². The van der Waals surface area contributed by atoms with Gasteiger partial charge in [-0.3, -0.25) is 14.2 Å². The Labute approximate surface area is 334 Å². The van der Waals surface area contributed by atoms with E-state index in [4.69, 9.17) is 18.5 Å². The number of allylic oxidation sites excluding steroid dienone is 11. The molecule has 316 valence electrons. The van der Waals surface area contributed by atoms with Crippen molar-refractivity contribution in [1.29, 1.82) is 0 Å². The third-order valence-corrected chi connectivity index (χ3v) is 9.38. The number of esters is 2. The van der Waals surface area contributed by atoms with Gasteiger partial charge in [0.25, 0.3) is 7.82 Å². The Morgan fingerprint density at radius 2 is 1.20 bits per heavy atom. The van der Waals surface area contributed by atoms with Crippen LogP contribution in [0.4, 0.5) is 0 Å². The number of nitrogens with zero attached hydrogens (tertiary/aromatic N) is 1. The number of likely N-dealkylation sites (N-methyl/N-ethyl adjacent to an activating group) is 1. The number of ether oxygens (including phenoxy) is 2. The first kappa shape index (κ1) is 52.4. The molecule has 1 N–H and O–H groups in total. The minimum absolute atomic E-state index is 0.0526. The van der Waals surface area contributed by atoms with Crippen molar-refractivity contribution in [2.75, 3.05) is 47.5 Å². The Morgan fingerprint density at radius 1 is 0.673 bits per heavy atom. The molecule has 0 saturated carbocycles. The molecule has 3 unspecified atom stereocenters. The molecular formula is C44H76NO9P. The van der Waals surface area contributed by atoms with Gasteiger partial charge in [-0.2, -0.15) is 0 Å². The van der Waals surface area contributed by atoms with Crippen LogP contribution in [0.2, 0.25) is 0 Å². The fourth-order valence-electron chi connectivity index (χ4n) is 4.98. The van der Waals surface area contributed by atoms with Crippen LogP contribution < -0.4 is 4.89 Å². The van der Waals surface area contributed by atoms with Crippen LogP contribution in [0.5, 0.6) is 0 Å². The van der Waals surface area contributed by atoms with Gasteiger partial charge in [-0.15, -0.1) is 0 Å². The first-order valence-electron chi connectivity index (χ1n) is 20.8. The predicted octanol–water partition coefficient (Wildman–Crippen LogP) is 9.80. The molecule has 55 heavy (non-hydrogen) atoms. The topological polar surface area (TPSA) is 131 Å². The Kier molecular flexibility index (Phi) is 34.1. The molecule has 0 amide bonds. The van der Waals surface area contributed by atoms with Crippen molar-refractivity contribution in [2.45, 2.75) is 148 Å². The van der Waals surface area contributed by atoms with Crippen LogP contribution >= 0.6 is 7.82 Å². The Balaban J connectivity index is 4.55. The molecule has 0 fully saturated rings. The van der Waals surface area contributed by atoms with E-state index in [1.165, 1.54) is 44.9 Å². The molecule has 0 aromatic carbocycles. The lowest BCUT2D eigenvalue weighted by Crippen LogP contribution is -2.37. The van der Waals surface area contributed by atoms with Crippen molar-refractivity contribution in [2.24, 2.45) is 0 Å². The fraction of sp³-hybridized carbons (Fsp3) is 0.682. The summed E-state index contributed by atoms with van der Waals surface area (Å²) in [5.74, 6) is -0.955. The predicted molar refractivity (Wildman–Crippen MR) is 223 cm³/mol. The third-order valence-electron chi connectivity index (χ3n) is 8.41. The number of carbonyl (C=O) groups is 2. The quantitative estimate of drug-likeness (QED) is 0.0165. The van der Waals surface area contributed by atoms with E-state index in [-0.39, 0.29) is 32.2 Å². The number of aliphatic hydroxyl groups excluding tert-OH is 1. The monoisotopic (exact) mass is 794 g/mol. The Morgan fingerprint density at radius 3 is 1.75 bits per heavy atom. The lowest BCUT2D eigenvalue weighted by Gasteiger charge is -2.28. The first-order chi connectivity index (χ1) is 26.4. The molecule has 0 aromatic rings. The van der Waals surface area contributed by atoms with Gasteiger partial charge < -0.3 is 33.0 Å². The number of rotatable bonds is 36. The lowest BCUT2D eigenvalue weighted by molar-refractivity contribution is -0.870. The highest BCUT2D eigenvalue weighted by Gasteiger charge is 2.21. The van der Waals surface area contributed by atoms with Crippen LogP contribution in [-0.2, 0) is 32.7 Å². The normalized spacial score (nSPS) is 15.0. The lowest BCUT2D eigenvalue weighted by atomic mass is 10.1. The van der Waals surface area contributed by atoms with E-state index in [9.17, 15) is 24.2 Å². The summed E-state index contributed by atoms with van der Waals surface area (Å²) in [5, 5.41) is 9.47. The maximum atomic E-state index is 12.6. The number of hydrogen-bond acceptors (Lipinski definition) is 9. The van der Waals surface area contributed by atoms with E-state index >= 15 is 0 Å². The summed E-state index contributed by atoms with van der Waals surface area (Å²) in [4.78, 5) is 37.4. The third kappa shape index (κ3) is 39.4. The molecule has 3 atom stereocenters. The average molecular weight is 794 g/mol. The van der Waals surface area contributed by atoms with E-state index in [0.29, 0.717) is 23.9 Å². The van der Waals surface area contributed by atoms with Crippen LogP contribution in [0, 0.1) is 0 Å². The number of aliphatic hydroxyl groups is 1. The summed E-state index contributed by atoms with van der Waals surface area (Å²) in [6, 6.07) is 0. The second-order valence-electron chi connectivity index (χ2n) is 14.8. The number of phosphoric acid groups is 1. The average Bonchev–Trinajstić information content (AvgIpc) is 3.13. The standard InChI is InChI=1S/C44H76NO9P/c1-6-8-9-10-11-12-19-23-26-29-32-35-43(47)51-39-42(40-53-55(49,50)52-38-37-45(3,4)5)54-44(48)36-33-30-27-24-21-18-16-14-13-15-17-20-22-25-28-31-34-41(46)7-2/h13-14,17-18,20-21,25,27-28,30-31,34,41-42,46H,6-12,15-16,19,22-24,26,29,32-33,35-40H2,1-5H3/b14-13-,20-17-,21-18-,28-25-,30-27-,34-31+. The van der Waals surface area contributed by atoms with Crippen LogP contribution in [0.25, 0.3) is 0 Å². The molecule has 0 radical (unpaired) electrons. The number of quaternary nitrogens is 1. The molecule has 0 aliphatic carbocycles. The zero-order valence-electron chi connectivity index (χ0n) is 35.0. The number of phosphoric ester groups is 1. The van der Waals surface area contributed by atoms with Crippen molar-refractivity contribution < 1.29 is 47.2 Å². The summed E-state index contributed by atoms with van der Waals surface area (Å²) < 4.78 is 33.7. The zero-order valence-corrected chi connectivity index (χ0v) is 35.8. The molecule has 10 nitrogen and oxygen atoms in total. The second-order valence-corrected chi connectivity index (χ2v) is 16.2. The molecular weight excluding hydrogens is 717 g/mol. The van der Waals surface area contributed by atoms with Crippen LogP contribution in [-0.4, -0.2) is 81.2 Å². The van der Waals surface area contributed by atoms with Gasteiger partial charge in [0.2, 0.25) is 0 Å². The van der Waals surface area contributed by atoms with E-state index in [1.54, 1.807) is 6.08 Å². The second kappa shape index (κ2) is 35.8. The number of carbonyl (C=O) groups excluding carboxylic acids is 2. The molecule has 0 aromatic heterocycles. The van der Waals surface area contributed by atoms with Gasteiger partial charge in [0.05, 0.1) is 33.9 Å². The molecule has 0 saturated heterocycles. The highest BCUT2D eigenvalue weighted by molar-refractivity contribution is 7.45. The SMILES string of the molecule is CCCCCCCCCCCCCC(=O)OCC(COP(=O)([O-])OCC[N+](C)(C)C)OC(=O)CC/C=C\C/C=C\C/C=C\C/C=C\C/C=C\C=C\C(O)CC. The maximum Gasteiger partial charge on any atom is 0.306 e. The van der Waals surface area contributed by atoms with E-state index in [0.717, 1.165) is 51.4 Å². The van der Waals surface area contributed by atoms with Crippen LogP contribution in [0.15, 0.2) is 72.9 Å². The minimum Gasteiger partial charge on any atom is -0.756 e. The summed E-state index contributed by atoms with van der Waals surface area (Å²) >= 11 is 0. The van der Waals surface area contributed by atoms with Crippen molar-refractivity contribution in [3.8, 4) is 0 Å². The maximum absolute atomic E-state index is 12.6.